The van der Waals surface area contributed by atoms with Gasteiger partial charge in [0.15, 0.2) is 0 Å². The van der Waals surface area contributed by atoms with Gasteiger partial charge < -0.3 is 66.6 Å². The first-order chi connectivity index (χ1) is 40.4. The van der Waals surface area contributed by atoms with E-state index in [9.17, 15) is 38.8 Å². The fourth-order valence-corrected chi connectivity index (χ4v) is 10.0. The number of esters is 1. The lowest BCUT2D eigenvalue weighted by Crippen LogP contribution is -2.54. The molecule has 4 aromatic rings. The second-order valence-electron chi connectivity index (χ2n) is 21.7. The van der Waals surface area contributed by atoms with Crippen LogP contribution in [-0.2, 0) is 54.9 Å². The third kappa shape index (κ3) is 20.1. The lowest BCUT2D eigenvalue weighted by molar-refractivity contribution is -0.142. The molecule has 6 atom stereocenters. The van der Waals surface area contributed by atoms with Crippen molar-refractivity contribution in [1.29, 1.82) is 5.26 Å². The lowest BCUT2D eigenvalue weighted by Gasteiger charge is -2.37. The molecular weight excluding hydrogens is 1150 g/mol. The van der Waals surface area contributed by atoms with Crippen LogP contribution in [0.3, 0.4) is 0 Å². The predicted molar refractivity (Wildman–Crippen MR) is 315 cm³/mol. The van der Waals surface area contributed by atoms with Gasteiger partial charge in [-0.05, 0) is 90.3 Å². The van der Waals surface area contributed by atoms with Crippen LogP contribution in [0.4, 0.5) is 25.0 Å². The zero-order valence-corrected chi connectivity index (χ0v) is 50.1. The number of rotatable bonds is 31. The minimum atomic E-state index is -1.84. The van der Waals surface area contributed by atoms with E-state index in [2.05, 4.69) is 43.3 Å². The van der Waals surface area contributed by atoms with Crippen molar-refractivity contribution in [1.82, 2.24) is 26.6 Å². The number of nitrogens with one attached hydrogen (secondary N) is 7. The number of nitrogens with two attached hydrogens (primary N) is 1. The number of anilines is 2. The number of hydrogen-bond donors (Lipinski definition) is 8. The summed E-state index contributed by atoms with van der Waals surface area (Å²) in [6.45, 7) is 11.8. The van der Waals surface area contributed by atoms with E-state index in [4.69, 9.17) is 52.6 Å². The number of hydrogen-bond acceptors (Lipinski definition) is 14. The van der Waals surface area contributed by atoms with E-state index in [1.165, 1.54) is 62.6 Å². The normalized spacial score (nSPS) is 17.2. The van der Waals surface area contributed by atoms with Gasteiger partial charge in [0.25, 0.3) is 5.91 Å². The van der Waals surface area contributed by atoms with Crippen molar-refractivity contribution in [2.75, 3.05) is 70.5 Å². The molecule has 0 saturated carbocycles. The predicted octanol–water partition coefficient (Wildman–Crippen LogP) is 7.19. The maximum Gasteiger partial charge on any atom is 0.312 e. The van der Waals surface area contributed by atoms with Crippen molar-refractivity contribution in [2.24, 2.45) is 17.1 Å². The Bertz CT molecular complexity index is 3020. The van der Waals surface area contributed by atoms with E-state index in [0.717, 1.165) is 6.07 Å². The number of primary amides is 1. The zero-order valence-electron chi connectivity index (χ0n) is 48.6. The molecule has 460 valence electrons. The Morgan fingerprint density at radius 3 is 2.13 bits per heavy atom. The summed E-state index contributed by atoms with van der Waals surface area (Å²) in [5, 5.41) is 30.5. The van der Waals surface area contributed by atoms with Crippen LogP contribution >= 0.6 is 23.2 Å². The summed E-state index contributed by atoms with van der Waals surface area (Å²) >= 11 is 12.4. The molecule has 0 radical (unpaired) electrons. The van der Waals surface area contributed by atoms with Gasteiger partial charge >= 0.3 is 12.0 Å². The zero-order chi connectivity index (χ0) is 62.4. The average molecular weight is 1220 g/mol. The Balaban J connectivity index is 1.05. The Kier molecular flexibility index (Phi) is 26.3. The van der Waals surface area contributed by atoms with E-state index in [1.807, 2.05) is 20.8 Å². The summed E-state index contributed by atoms with van der Waals surface area (Å²) in [7, 11) is 1.35. The molecule has 4 aromatic carbocycles. The molecule has 5 rings (SSSR count). The van der Waals surface area contributed by atoms with Crippen molar-refractivity contribution in [3.8, 4) is 11.8 Å². The highest BCUT2D eigenvalue weighted by molar-refractivity contribution is 6.31. The van der Waals surface area contributed by atoms with Crippen molar-refractivity contribution >= 4 is 76.1 Å². The molecule has 85 heavy (non-hydrogen) atoms. The number of halogens is 4. The van der Waals surface area contributed by atoms with Gasteiger partial charge in [-0.25, -0.2) is 13.6 Å². The van der Waals surface area contributed by atoms with Crippen molar-refractivity contribution in [3.05, 3.63) is 123 Å². The fourth-order valence-electron chi connectivity index (χ4n) is 9.68. The van der Waals surface area contributed by atoms with Crippen LogP contribution in [0.15, 0.2) is 78.9 Å². The van der Waals surface area contributed by atoms with Gasteiger partial charge in [0.2, 0.25) is 23.6 Å². The Hall–Kier alpha value is -7.46. The second-order valence-corrected chi connectivity index (χ2v) is 22.5. The van der Waals surface area contributed by atoms with Crippen molar-refractivity contribution in [3.63, 3.8) is 0 Å². The van der Waals surface area contributed by atoms with Gasteiger partial charge in [-0.3, -0.25) is 28.8 Å². The topological polar surface area (TPSA) is 300 Å². The highest BCUT2D eigenvalue weighted by Gasteiger charge is 2.61. The quantitative estimate of drug-likeness (QED) is 0.0183. The van der Waals surface area contributed by atoms with E-state index in [0.29, 0.717) is 17.7 Å². The molecule has 0 aliphatic carbocycles. The fraction of sp³-hybridized carbons (Fsp3) is 0.467. The van der Waals surface area contributed by atoms with Crippen LogP contribution in [0.2, 0.25) is 10.0 Å². The minimum Gasteiger partial charge on any atom is -0.495 e. The number of amides is 7. The number of urea groups is 1. The molecule has 25 heteroatoms. The van der Waals surface area contributed by atoms with Gasteiger partial charge in [-0.1, -0.05) is 88.2 Å². The van der Waals surface area contributed by atoms with Crippen molar-refractivity contribution in [2.45, 2.75) is 109 Å². The summed E-state index contributed by atoms with van der Waals surface area (Å²) in [6, 6.07) is 16.5. The Labute approximate surface area is 503 Å². The Morgan fingerprint density at radius 2 is 1.51 bits per heavy atom. The summed E-state index contributed by atoms with van der Waals surface area (Å²) < 4.78 is 59.6. The summed E-state index contributed by atoms with van der Waals surface area (Å²) in [5.74, 6) is -6.38. The van der Waals surface area contributed by atoms with Crippen LogP contribution in [0, 0.1) is 34.3 Å². The molecule has 0 aromatic heterocycles. The summed E-state index contributed by atoms with van der Waals surface area (Å²) in [6.07, 6.45) is 0.636. The Morgan fingerprint density at radius 1 is 0.824 bits per heavy atom. The summed E-state index contributed by atoms with van der Waals surface area (Å²) in [5.41, 5.74) is 4.22. The van der Waals surface area contributed by atoms with Crippen LogP contribution < -0.4 is 47.7 Å². The maximum atomic E-state index is 16.2. The third-order valence-electron chi connectivity index (χ3n) is 13.7. The SMILES string of the molecule is COc1cc(C(=O)NCCOCCOCCOCCC(=O)N[C@H](C(=O)N[C@@H](CCCNC(N)=O)C(=O)Nc2ccc(COC(C)=O)cc2)C(C)C)ccc1NC(=O)[C@@H]1N[C@@H](CC(C)(C)C)[C@](C#N)(c2ccc(Cl)cc2F)[C@H]1c1cccc(Cl)c1F. The lowest BCUT2D eigenvalue weighted by atomic mass is 9.62. The molecule has 1 aliphatic heterocycles. The molecule has 1 fully saturated rings. The number of methoxy groups -OCH3 is 1. The van der Waals surface area contributed by atoms with Gasteiger partial charge in [-0.2, -0.15) is 5.26 Å². The summed E-state index contributed by atoms with van der Waals surface area (Å²) in [4.78, 5) is 90.0. The molecule has 0 spiro atoms. The number of nitrogens with zero attached hydrogens (tertiary/aromatic N) is 1. The van der Waals surface area contributed by atoms with E-state index >= 15 is 8.78 Å². The van der Waals surface area contributed by atoms with Gasteiger partial charge in [0.1, 0.15) is 41.5 Å². The largest absolute Gasteiger partial charge is 0.495 e. The van der Waals surface area contributed by atoms with Gasteiger partial charge in [0.05, 0.1) is 69.6 Å². The number of ether oxygens (including phenoxy) is 5. The van der Waals surface area contributed by atoms with Gasteiger partial charge in [0, 0.05) is 60.2 Å². The number of benzene rings is 4. The third-order valence-corrected chi connectivity index (χ3v) is 14.3. The second kappa shape index (κ2) is 32.7. The first kappa shape index (κ1) is 68.3. The molecule has 7 amide bonds. The smallest absolute Gasteiger partial charge is 0.312 e. The monoisotopic (exact) mass is 1220 g/mol. The number of nitriles is 1. The number of carbonyl (C=O) groups is 7. The van der Waals surface area contributed by atoms with Crippen LogP contribution in [0.5, 0.6) is 5.75 Å². The first-order valence-electron chi connectivity index (χ1n) is 27.6. The van der Waals surface area contributed by atoms with Crippen LogP contribution in [0.1, 0.15) is 100 Å². The number of carbonyl (C=O) groups excluding carboxylic acids is 7. The average Bonchev–Trinajstić information content (AvgIpc) is 1.94. The van der Waals surface area contributed by atoms with E-state index in [-0.39, 0.29) is 123 Å². The molecular formula is C60H75Cl2F2N9O12. The van der Waals surface area contributed by atoms with Crippen molar-refractivity contribution < 1.29 is 66.0 Å². The maximum absolute atomic E-state index is 16.2. The molecule has 1 aliphatic rings. The first-order valence-corrected chi connectivity index (χ1v) is 28.4. The van der Waals surface area contributed by atoms with Gasteiger partial charge in [-0.15, -0.1) is 0 Å². The molecule has 0 unspecified atom stereocenters. The highest BCUT2D eigenvalue weighted by Crippen LogP contribution is 2.53. The minimum absolute atomic E-state index is 0.0291. The molecule has 9 N–H and O–H groups in total. The van der Waals surface area contributed by atoms with Crippen LogP contribution in [-0.4, -0.2) is 126 Å². The highest BCUT2D eigenvalue weighted by atomic mass is 35.5. The molecule has 1 saturated heterocycles. The molecule has 21 nitrogen and oxygen atoms in total. The van der Waals surface area contributed by atoms with Crippen LogP contribution in [0.25, 0.3) is 0 Å². The standard InChI is InChI=1S/C60H75Cl2F2N9O12/c1-35(2)52(56(78)71-46(12-9-22-68-58(66)80)55(77)69-40-17-13-37(14-18-40)33-85-36(3)74)73-49(75)21-24-82-26-28-84-29-27-83-25-23-67-54(76)38-15-20-45(47(30-38)81-7)70-57(79)53-50(41-10-8-11-43(62)51(41)64)60(34-65,48(72-53)32-59(4,5)6)42-19-16-39(61)31-44(42)63/h8,10-11,13-20,30-31,35,46,48,50,52-53,72H,9,12,21-29,32-33H2,1-7H3,(H,67,76)(H,69,77)(H,70,79)(H,71,78)(H,73,75)(H3,66,68,80)/t46-,48-,50-,52-,53+,60-/m0/s1. The molecule has 0 bridgehead atoms. The van der Waals surface area contributed by atoms with E-state index < -0.39 is 94.1 Å². The molecule has 1 heterocycles. The van der Waals surface area contributed by atoms with E-state index in [1.54, 1.807) is 38.1 Å².